The molecule has 2 saturated heterocycles. The Hall–Kier alpha value is -0.450. The molecule has 2 rings (SSSR count). The van der Waals surface area contributed by atoms with Crippen LogP contribution in [0, 0.1) is 0 Å². The zero-order chi connectivity index (χ0) is 12.8. The van der Waals surface area contributed by atoms with Crippen LogP contribution in [0.2, 0.25) is 0 Å². The smallest absolute Gasteiger partial charge is 0.137 e. The van der Waals surface area contributed by atoms with Crippen LogP contribution in [0.1, 0.15) is 32.6 Å². The molecule has 4 nitrogen and oxygen atoms in total. The molecule has 2 aliphatic heterocycles. The Kier molecular flexibility index (Phi) is 5.60. The minimum atomic E-state index is 0.157. The summed E-state index contributed by atoms with van der Waals surface area (Å²) in [6.07, 6.45) is 5.77. The first-order valence-electron chi connectivity index (χ1n) is 7.36. The van der Waals surface area contributed by atoms with Gasteiger partial charge in [-0.15, -0.1) is 0 Å². The number of morpholine rings is 1. The van der Waals surface area contributed by atoms with Gasteiger partial charge in [-0.1, -0.05) is 13.3 Å². The maximum atomic E-state index is 11.2. The molecule has 0 spiro atoms. The van der Waals surface area contributed by atoms with Gasteiger partial charge in [-0.25, -0.2) is 0 Å². The Balaban J connectivity index is 1.91. The van der Waals surface area contributed by atoms with Gasteiger partial charge < -0.3 is 9.53 Å². The van der Waals surface area contributed by atoms with Crippen molar-refractivity contribution in [2.24, 2.45) is 0 Å². The standard InChI is InChI=1S/C14H26N2O2/c1-2-13(11-15-7-9-18-10-8-15)16-6-4-3-5-14(16)12-17/h12-14H,2-11H2,1H3/t13-,14?/m0/s1. The average Bonchev–Trinajstić information content (AvgIpc) is 2.46. The number of carbonyl (C=O) groups excluding carboxylic acids is 1. The third kappa shape index (κ3) is 3.53. The molecule has 0 saturated carbocycles. The van der Waals surface area contributed by atoms with Crippen molar-refractivity contribution in [1.82, 2.24) is 9.80 Å². The SMILES string of the molecule is CC[C@@H](CN1CCOCC1)N1CCCCC1C=O. The molecule has 0 radical (unpaired) electrons. The third-order valence-electron chi connectivity index (χ3n) is 4.26. The number of carbonyl (C=O) groups is 1. The Bertz CT molecular complexity index is 254. The lowest BCUT2D eigenvalue weighted by Crippen LogP contribution is -2.52. The summed E-state index contributed by atoms with van der Waals surface area (Å²) >= 11 is 0. The largest absolute Gasteiger partial charge is 0.379 e. The van der Waals surface area contributed by atoms with Gasteiger partial charge in [0.2, 0.25) is 0 Å². The monoisotopic (exact) mass is 254 g/mol. The van der Waals surface area contributed by atoms with Crippen molar-refractivity contribution in [2.75, 3.05) is 39.4 Å². The summed E-state index contributed by atoms with van der Waals surface area (Å²) < 4.78 is 5.39. The van der Waals surface area contributed by atoms with E-state index in [9.17, 15) is 4.79 Å². The molecular formula is C14H26N2O2. The van der Waals surface area contributed by atoms with Crippen molar-refractivity contribution in [3.63, 3.8) is 0 Å². The molecule has 0 bridgehead atoms. The summed E-state index contributed by atoms with van der Waals surface area (Å²) in [6, 6.07) is 0.684. The van der Waals surface area contributed by atoms with Gasteiger partial charge in [-0.3, -0.25) is 9.80 Å². The van der Waals surface area contributed by atoms with Gasteiger partial charge >= 0.3 is 0 Å². The van der Waals surface area contributed by atoms with E-state index in [4.69, 9.17) is 4.74 Å². The second-order valence-electron chi connectivity index (χ2n) is 5.41. The van der Waals surface area contributed by atoms with E-state index in [-0.39, 0.29) is 6.04 Å². The Labute approximate surface area is 110 Å². The second-order valence-corrected chi connectivity index (χ2v) is 5.41. The number of aldehydes is 1. The minimum absolute atomic E-state index is 0.157. The van der Waals surface area contributed by atoms with E-state index in [1.165, 1.54) is 12.8 Å². The van der Waals surface area contributed by atoms with E-state index in [0.717, 1.165) is 58.5 Å². The summed E-state index contributed by atoms with van der Waals surface area (Å²) in [7, 11) is 0. The molecule has 0 aliphatic carbocycles. The molecule has 0 N–H and O–H groups in total. The molecule has 2 fully saturated rings. The van der Waals surface area contributed by atoms with Gasteiger partial charge in [0, 0.05) is 25.7 Å². The molecule has 0 aromatic carbocycles. The summed E-state index contributed by atoms with van der Waals surface area (Å²) in [4.78, 5) is 16.1. The summed E-state index contributed by atoms with van der Waals surface area (Å²) in [5, 5.41) is 0. The molecule has 0 aromatic heterocycles. The number of piperidine rings is 1. The first-order valence-corrected chi connectivity index (χ1v) is 7.36. The topological polar surface area (TPSA) is 32.8 Å². The second kappa shape index (κ2) is 7.22. The van der Waals surface area contributed by atoms with E-state index in [1.807, 2.05) is 0 Å². The van der Waals surface area contributed by atoms with Crippen LogP contribution >= 0.6 is 0 Å². The molecule has 2 aliphatic rings. The third-order valence-corrected chi connectivity index (χ3v) is 4.26. The first kappa shape index (κ1) is 14.0. The van der Waals surface area contributed by atoms with Crippen LogP contribution in [0.25, 0.3) is 0 Å². The first-order chi connectivity index (χ1) is 8.85. The quantitative estimate of drug-likeness (QED) is 0.689. The lowest BCUT2D eigenvalue weighted by molar-refractivity contribution is -0.115. The van der Waals surface area contributed by atoms with E-state index in [0.29, 0.717) is 6.04 Å². The number of nitrogens with zero attached hydrogens (tertiary/aromatic N) is 2. The summed E-state index contributed by atoms with van der Waals surface area (Å²) in [5.41, 5.74) is 0. The Morgan fingerprint density at radius 1 is 1.28 bits per heavy atom. The molecule has 2 heterocycles. The van der Waals surface area contributed by atoms with E-state index >= 15 is 0 Å². The molecule has 104 valence electrons. The zero-order valence-corrected chi connectivity index (χ0v) is 11.5. The van der Waals surface area contributed by atoms with Gasteiger partial charge in [0.25, 0.3) is 0 Å². The summed E-state index contributed by atoms with van der Waals surface area (Å²) in [6.45, 7) is 8.20. The molecular weight excluding hydrogens is 228 g/mol. The van der Waals surface area contributed by atoms with Crippen molar-refractivity contribution in [2.45, 2.75) is 44.7 Å². The minimum Gasteiger partial charge on any atom is -0.379 e. The molecule has 0 amide bonds. The number of ether oxygens (including phenoxy) is 1. The van der Waals surface area contributed by atoms with Crippen LogP contribution in [0.5, 0.6) is 0 Å². The number of hydrogen-bond donors (Lipinski definition) is 0. The number of rotatable bonds is 5. The van der Waals surface area contributed by atoms with E-state index in [2.05, 4.69) is 16.7 Å². The fourth-order valence-corrected chi connectivity index (χ4v) is 3.13. The van der Waals surface area contributed by atoms with Crippen LogP contribution < -0.4 is 0 Å². The highest BCUT2D eigenvalue weighted by atomic mass is 16.5. The molecule has 0 aromatic rings. The predicted molar refractivity (Wildman–Crippen MR) is 71.7 cm³/mol. The van der Waals surface area contributed by atoms with Crippen molar-refractivity contribution in [3.8, 4) is 0 Å². The maximum absolute atomic E-state index is 11.2. The zero-order valence-electron chi connectivity index (χ0n) is 11.5. The normalized spacial score (nSPS) is 29.1. The van der Waals surface area contributed by atoms with Gasteiger partial charge in [-0.05, 0) is 25.8 Å². The van der Waals surface area contributed by atoms with Crippen LogP contribution in [0.4, 0.5) is 0 Å². The molecule has 2 atom stereocenters. The lowest BCUT2D eigenvalue weighted by Gasteiger charge is -2.41. The van der Waals surface area contributed by atoms with Gasteiger partial charge in [0.1, 0.15) is 6.29 Å². The van der Waals surface area contributed by atoms with Crippen LogP contribution in [-0.4, -0.2) is 67.6 Å². The highest BCUT2D eigenvalue weighted by Crippen LogP contribution is 2.20. The van der Waals surface area contributed by atoms with Crippen molar-refractivity contribution in [3.05, 3.63) is 0 Å². The molecule has 1 unspecified atom stereocenters. The van der Waals surface area contributed by atoms with Crippen molar-refractivity contribution < 1.29 is 9.53 Å². The fraction of sp³-hybridized carbons (Fsp3) is 0.929. The van der Waals surface area contributed by atoms with E-state index in [1.54, 1.807) is 0 Å². The average molecular weight is 254 g/mol. The lowest BCUT2D eigenvalue weighted by atomic mass is 9.99. The van der Waals surface area contributed by atoms with Gasteiger partial charge in [0.15, 0.2) is 0 Å². The van der Waals surface area contributed by atoms with Crippen molar-refractivity contribution >= 4 is 6.29 Å². The van der Waals surface area contributed by atoms with Crippen LogP contribution in [-0.2, 0) is 9.53 Å². The fourth-order valence-electron chi connectivity index (χ4n) is 3.13. The summed E-state index contributed by atoms with van der Waals surface area (Å²) in [5.74, 6) is 0. The van der Waals surface area contributed by atoms with Gasteiger partial charge in [-0.2, -0.15) is 0 Å². The maximum Gasteiger partial charge on any atom is 0.137 e. The Morgan fingerprint density at radius 3 is 2.72 bits per heavy atom. The number of hydrogen-bond acceptors (Lipinski definition) is 4. The van der Waals surface area contributed by atoms with Crippen LogP contribution in [0.15, 0.2) is 0 Å². The van der Waals surface area contributed by atoms with Crippen molar-refractivity contribution in [1.29, 1.82) is 0 Å². The predicted octanol–water partition coefficient (Wildman–Crippen LogP) is 1.15. The number of likely N-dealkylation sites (tertiary alicyclic amines) is 1. The molecule has 18 heavy (non-hydrogen) atoms. The van der Waals surface area contributed by atoms with Gasteiger partial charge in [0.05, 0.1) is 19.3 Å². The van der Waals surface area contributed by atoms with Crippen LogP contribution in [0.3, 0.4) is 0 Å². The highest BCUT2D eigenvalue weighted by molar-refractivity contribution is 5.57. The Morgan fingerprint density at radius 2 is 2.06 bits per heavy atom. The highest BCUT2D eigenvalue weighted by Gasteiger charge is 2.29. The van der Waals surface area contributed by atoms with E-state index < -0.39 is 0 Å². The molecule has 4 heteroatoms.